The summed E-state index contributed by atoms with van der Waals surface area (Å²) in [6.45, 7) is 0. The molecule has 0 bridgehead atoms. The first-order valence-corrected chi connectivity index (χ1v) is 3.41. The third-order valence-electron chi connectivity index (χ3n) is 1.23. The molecule has 1 unspecified atom stereocenters. The van der Waals surface area contributed by atoms with Crippen LogP contribution in [0.5, 0.6) is 5.75 Å². The Balaban J connectivity index is 3.14. The largest absolute Gasteiger partial charge is 0.496 e. The highest BCUT2D eigenvalue weighted by atomic mass is 31.0. The average molecular weight is 158 g/mol. The second kappa shape index (κ2) is 2.98. The van der Waals surface area contributed by atoms with Crippen molar-refractivity contribution in [2.24, 2.45) is 0 Å². The second-order valence-corrected chi connectivity index (χ2v) is 2.43. The van der Waals surface area contributed by atoms with Gasteiger partial charge in [-0.25, -0.2) is 4.39 Å². The van der Waals surface area contributed by atoms with Gasteiger partial charge in [0.2, 0.25) is 0 Å². The predicted octanol–water partition coefficient (Wildman–Crippen LogP) is 1.33. The Bertz CT molecular complexity index is 237. The zero-order valence-corrected chi connectivity index (χ0v) is 6.75. The summed E-state index contributed by atoms with van der Waals surface area (Å²) in [4.78, 5) is 0. The number of methoxy groups -OCH3 is 1. The van der Waals surface area contributed by atoms with E-state index in [1.54, 1.807) is 12.1 Å². The van der Waals surface area contributed by atoms with Crippen molar-refractivity contribution in [3.05, 3.63) is 24.0 Å². The molecule has 1 aromatic rings. The van der Waals surface area contributed by atoms with Crippen LogP contribution in [0, 0.1) is 5.82 Å². The van der Waals surface area contributed by atoms with Crippen molar-refractivity contribution in [3.63, 3.8) is 0 Å². The van der Waals surface area contributed by atoms with Gasteiger partial charge < -0.3 is 4.74 Å². The average Bonchev–Trinajstić information content (AvgIpc) is 1.95. The van der Waals surface area contributed by atoms with Crippen molar-refractivity contribution in [2.75, 3.05) is 7.11 Å². The van der Waals surface area contributed by atoms with Crippen molar-refractivity contribution in [1.82, 2.24) is 0 Å². The minimum absolute atomic E-state index is 0.260. The summed E-state index contributed by atoms with van der Waals surface area (Å²) in [5.41, 5.74) is 0. The summed E-state index contributed by atoms with van der Waals surface area (Å²) in [6, 6.07) is 4.72. The van der Waals surface area contributed by atoms with E-state index in [0.29, 0.717) is 11.1 Å². The summed E-state index contributed by atoms with van der Waals surface area (Å²) < 4.78 is 17.5. The van der Waals surface area contributed by atoms with Crippen LogP contribution in [0.25, 0.3) is 0 Å². The lowest BCUT2D eigenvalue weighted by atomic mass is 10.3. The van der Waals surface area contributed by atoms with Gasteiger partial charge in [-0.3, -0.25) is 0 Å². The molecule has 1 nitrogen and oxygen atoms in total. The summed E-state index contributed by atoms with van der Waals surface area (Å²) in [5, 5.41) is 0.477. The molecule has 0 heterocycles. The van der Waals surface area contributed by atoms with Gasteiger partial charge in [-0.15, -0.1) is 0 Å². The van der Waals surface area contributed by atoms with Gasteiger partial charge in [-0.2, -0.15) is 0 Å². The van der Waals surface area contributed by atoms with Crippen LogP contribution >= 0.6 is 9.24 Å². The van der Waals surface area contributed by atoms with Crippen molar-refractivity contribution in [1.29, 1.82) is 0 Å². The molecule has 0 aliphatic rings. The molecule has 1 atom stereocenters. The van der Waals surface area contributed by atoms with Crippen molar-refractivity contribution in [3.8, 4) is 5.75 Å². The minimum Gasteiger partial charge on any atom is -0.496 e. The lowest BCUT2D eigenvalue weighted by molar-refractivity contribution is 0.416. The van der Waals surface area contributed by atoms with Gasteiger partial charge in [0.25, 0.3) is 0 Å². The molecule has 54 valence electrons. The summed E-state index contributed by atoms with van der Waals surface area (Å²) >= 11 is 0. The fourth-order valence-corrected chi connectivity index (χ4v) is 1.01. The summed E-state index contributed by atoms with van der Waals surface area (Å²) in [5.74, 6) is 0.300. The van der Waals surface area contributed by atoms with Crippen LogP contribution in [0.4, 0.5) is 4.39 Å². The highest BCUT2D eigenvalue weighted by molar-refractivity contribution is 7.27. The van der Waals surface area contributed by atoms with Crippen molar-refractivity contribution >= 4 is 14.5 Å². The number of hydrogen-bond donors (Lipinski definition) is 0. The van der Waals surface area contributed by atoms with Gasteiger partial charge in [-0.1, -0.05) is 15.3 Å². The van der Waals surface area contributed by atoms with E-state index in [4.69, 9.17) is 4.74 Å². The molecule has 0 aliphatic heterocycles. The number of ether oxygens (including phenoxy) is 1. The van der Waals surface area contributed by atoms with Gasteiger partial charge in [-0.05, 0) is 12.1 Å². The Morgan fingerprint density at radius 2 is 2.20 bits per heavy atom. The molecular formula is C7H8FOP. The van der Waals surface area contributed by atoms with Gasteiger partial charge in [0.05, 0.1) is 7.11 Å². The molecule has 0 aromatic heterocycles. The quantitative estimate of drug-likeness (QED) is 0.560. The van der Waals surface area contributed by atoms with Gasteiger partial charge in [0, 0.05) is 5.30 Å². The van der Waals surface area contributed by atoms with E-state index >= 15 is 0 Å². The maximum absolute atomic E-state index is 12.7. The highest BCUT2D eigenvalue weighted by Gasteiger charge is 2.01. The van der Waals surface area contributed by atoms with E-state index in [0.717, 1.165) is 0 Å². The molecule has 1 rings (SSSR count). The molecule has 0 aliphatic carbocycles. The molecule has 0 saturated heterocycles. The van der Waals surface area contributed by atoms with Crippen LogP contribution in [0.2, 0.25) is 0 Å². The fraction of sp³-hybridized carbons (Fsp3) is 0.143. The smallest absolute Gasteiger partial charge is 0.134 e. The molecule has 0 saturated carbocycles. The number of halogens is 1. The van der Waals surface area contributed by atoms with Crippen molar-refractivity contribution in [2.45, 2.75) is 0 Å². The highest BCUT2D eigenvalue weighted by Crippen LogP contribution is 2.11. The third-order valence-corrected chi connectivity index (χ3v) is 1.79. The summed E-state index contributed by atoms with van der Waals surface area (Å²) in [7, 11) is 3.81. The van der Waals surface area contributed by atoms with Crippen LogP contribution < -0.4 is 10.0 Å². The molecule has 3 heteroatoms. The lowest BCUT2D eigenvalue weighted by Gasteiger charge is -2.02. The Kier molecular flexibility index (Phi) is 2.23. The van der Waals surface area contributed by atoms with E-state index in [9.17, 15) is 4.39 Å². The number of benzene rings is 1. The zero-order chi connectivity index (χ0) is 7.56. The van der Waals surface area contributed by atoms with Crippen LogP contribution in [-0.2, 0) is 0 Å². The van der Waals surface area contributed by atoms with Gasteiger partial charge >= 0.3 is 0 Å². The molecule has 0 radical (unpaired) electrons. The SMILES string of the molecule is COc1cccc(F)c1P. The molecule has 1 aromatic carbocycles. The normalized spacial score (nSPS) is 9.50. The van der Waals surface area contributed by atoms with Crippen molar-refractivity contribution < 1.29 is 9.13 Å². The van der Waals surface area contributed by atoms with Crippen LogP contribution in [-0.4, -0.2) is 7.11 Å². The Morgan fingerprint density at radius 1 is 1.50 bits per heavy atom. The van der Waals surface area contributed by atoms with Crippen LogP contribution in [0.1, 0.15) is 0 Å². The molecule has 0 fully saturated rings. The zero-order valence-electron chi connectivity index (χ0n) is 5.60. The molecule has 0 amide bonds. The predicted molar refractivity (Wildman–Crippen MR) is 42.3 cm³/mol. The molecule has 10 heavy (non-hydrogen) atoms. The fourth-order valence-electron chi connectivity index (χ4n) is 0.695. The van der Waals surface area contributed by atoms with E-state index < -0.39 is 0 Å². The van der Waals surface area contributed by atoms with E-state index in [2.05, 4.69) is 9.24 Å². The first-order valence-electron chi connectivity index (χ1n) is 2.83. The number of hydrogen-bond acceptors (Lipinski definition) is 1. The Labute approximate surface area is 61.4 Å². The molecule has 0 spiro atoms. The first kappa shape index (κ1) is 7.49. The first-order chi connectivity index (χ1) is 4.75. The Hall–Kier alpha value is -0.620. The maximum atomic E-state index is 12.7. The maximum Gasteiger partial charge on any atom is 0.134 e. The lowest BCUT2D eigenvalue weighted by Crippen LogP contribution is -2.02. The van der Waals surface area contributed by atoms with Crippen LogP contribution in [0.3, 0.4) is 0 Å². The second-order valence-electron chi connectivity index (χ2n) is 1.86. The summed E-state index contributed by atoms with van der Waals surface area (Å²) in [6.07, 6.45) is 0. The molecular weight excluding hydrogens is 150 g/mol. The van der Waals surface area contributed by atoms with Gasteiger partial charge in [0.15, 0.2) is 0 Å². The third kappa shape index (κ3) is 1.27. The minimum atomic E-state index is -0.260. The monoisotopic (exact) mass is 158 g/mol. The van der Waals surface area contributed by atoms with Crippen LogP contribution in [0.15, 0.2) is 18.2 Å². The number of rotatable bonds is 1. The Morgan fingerprint density at radius 3 is 2.70 bits per heavy atom. The van der Waals surface area contributed by atoms with E-state index in [-0.39, 0.29) is 5.82 Å². The van der Waals surface area contributed by atoms with E-state index in [1.807, 2.05) is 0 Å². The topological polar surface area (TPSA) is 9.23 Å². The standard InChI is InChI=1S/C7H8FOP/c1-9-6-4-2-3-5(8)7(6)10/h2-4H,10H2,1H3. The van der Waals surface area contributed by atoms with E-state index in [1.165, 1.54) is 13.2 Å². The molecule has 0 N–H and O–H groups in total. The van der Waals surface area contributed by atoms with Gasteiger partial charge in [0.1, 0.15) is 11.6 Å².